The molecule has 1 aliphatic rings. The summed E-state index contributed by atoms with van der Waals surface area (Å²) in [6, 6.07) is 9.80. The normalized spacial score (nSPS) is 14.2. The number of ketones is 1. The van der Waals surface area contributed by atoms with E-state index in [-0.39, 0.29) is 5.78 Å². The molecule has 0 aliphatic heterocycles. The maximum atomic E-state index is 12.2. The van der Waals surface area contributed by atoms with Crippen LogP contribution in [0, 0.1) is 11.3 Å². The predicted molar refractivity (Wildman–Crippen MR) is 72.1 cm³/mol. The van der Waals surface area contributed by atoms with Gasteiger partial charge in [-0.3, -0.25) is 9.69 Å². The minimum absolute atomic E-state index is 0.104. The van der Waals surface area contributed by atoms with E-state index < -0.39 is 0 Å². The summed E-state index contributed by atoms with van der Waals surface area (Å²) in [7, 11) is 1.60. The summed E-state index contributed by atoms with van der Waals surface area (Å²) in [5.41, 5.74) is 0.698. The number of carbonyl (C=O) groups is 1. The van der Waals surface area contributed by atoms with E-state index in [9.17, 15) is 4.79 Å². The molecule has 1 aliphatic carbocycles. The zero-order valence-electron chi connectivity index (χ0n) is 11.1. The lowest BCUT2D eigenvalue weighted by atomic mass is 10.1. The molecule has 1 aromatic carbocycles. The van der Waals surface area contributed by atoms with Crippen LogP contribution < -0.4 is 4.74 Å². The van der Waals surface area contributed by atoms with E-state index in [2.05, 4.69) is 11.0 Å². The summed E-state index contributed by atoms with van der Waals surface area (Å²) < 4.78 is 5.07. The van der Waals surface area contributed by atoms with Crippen LogP contribution in [0.1, 0.15) is 29.6 Å². The fourth-order valence-corrected chi connectivity index (χ4v) is 2.08. The molecule has 4 nitrogen and oxygen atoms in total. The Hall–Kier alpha value is -1.86. The van der Waals surface area contributed by atoms with Crippen LogP contribution in [-0.4, -0.2) is 36.9 Å². The van der Waals surface area contributed by atoms with Gasteiger partial charge in [0.15, 0.2) is 5.78 Å². The average molecular weight is 258 g/mol. The quantitative estimate of drug-likeness (QED) is 0.704. The Balaban J connectivity index is 1.95. The molecule has 1 aromatic rings. The maximum absolute atomic E-state index is 12.2. The lowest BCUT2D eigenvalue weighted by molar-refractivity contribution is 0.0926. The molecular weight excluding hydrogens is 240 g/mol. The Morgan fingerprint density at radius 3 is 2.63 bits per heavy atom. The maximum Gasteiger partial charge on any atom is 0.176 e. The molecule has 0 bridgehead atoms. The third kappa shape index (κ3) is 3.80. The first-order chi connectivity index (χ1) is 9.24. The molecule has 0 unspecified atom stereocenters. The highest BCUT2D eigenvalue weighted by Gasteiger charge is 2.29. The summed E-state index contributed by atoms with van der Waals surface area (Å²) >= 11 is 0. The number of Topliss-reactive ketones (excluding diaryl/α,β-unsaturated/α-hetero) is 1. The van der Waals surface area contributed by atoms with E-state index >= 15 is 0 Å². The van der Waals surface area contributed by atoms with Gasteiger partial charge in [-0.05, 0) is 37.1 Å². The van der Waals surface area contributed by atoms with Crippen LogP contribution >= 0.6 is 0 Å². The van der Waals surface area contributed by atoms with Gasteiger partial charge in [0.1, 0.15) is 5.75 Å². The molecule has 4 heteroatoms. The van der Waals surface area contributed by atoms with Crippen molar-refractivity contribution in [3.8, 4) is 11.8 Å². The second-order valence-corrected chi connectivity index (χ2v) is 4.76. The molecule has 0 heterocycles. The zero-order chi connectivity index (χ0) is 13.7. The second-order valence-electron chi connectivity index (χ2n) is 4.76. The number of methoxy groups -OCH3 is 1. The van der Waals surface area contributed by atoms with E-state index in [0.717, 1.165) is 18.6 Å². The van der Waals surface area contributed by atoms with Crippen molar-refractivity contribution in [3.05, 3.63) is 29.8 Å². The molecule has 2 rings (SSSR count). The topological polar surface area (TPSA) is 53.3 Å². The number of hydrogen-bond acceptors (Lipinski definition) is 4. The highest BCUT2D eigenvalue weighted by molar-refractivity contribution is 5.97. The van der Waals surface area contributed by atoms with Crippen molar-refractivity contribution in [1.29, 1.82) is 5.26 Å². The molecule has 0 atom stereocenters. The highest BCUT2D eigenvalue weighted by Crippen LogP contribution is 2.27. The van der Waals surface area contributed by atoms with Gasteiger partial charge >= 0.3 is 0 Å². The molecule has 19 heavy (non-hydrogen) atoms. The standard InChI is InChI=1S/C15H18N2O2/c1-19-14-7-3-12(4-8-14)15(18)11-17(10-2-9-16)13-5-6-13/h3-4,7-8,13H,2,5-6,10-11H2,1H3. The summed E-state index contributed by atoms with van der Waals surface area (Å²) in [6.07, 6.45) is 2.76. The number of nitrogens with zero attached hydrogens (tertiary/aromatic N) is 2. The molecule has 1 fully saturated rings. The third-order valence-electron chi connectivity index (χ3n) is 3.33. The molecule has 100 valence electrons. The Labute approximate surface area is 113 Å². The van der Waals surface area contributed by atoms with Crippen LogP contribution in [0.2, 0.25) is 0 Å². The van der Waals surface area contributed by atoms with Gasteiger partial charge in [-0.25, -0.2) is 0 Å². The van der Waals surface area contributed by atoms with Crippen LogP contribution in [0.3, 0.4) is 0 Å². The third-order valence-corrected chi connectivity index (χ3v) is 3.33. The van der Waals surface area contributed by atoms with Crippen molar-refractivity contribution in [3.63, 3.8) is 0 Å². The van der Waals surface area contributed by atoms with E-state index in [1.807, 2.05) is 0 Å². The van der Waals surface area contributed by atoms with Gasteiger partial charge in [-0.1, -0.05) is 0 Å². The van der Waals surface area contributed by atoms with Crippen LogP contribution in [0.5, 0.6) is 5.75 Å². The first-order valence-electron chi connectivity index (χ1n) is 6.53. The SMILES string of the molecule is COc1ccc(C(=O)CN(CCC#N)C2CC2)cc1. The smallest absolute Gasteiger partial charge is 0.176 e. The van der Waals surface area contributed by atoms with Crippen LogP contribution in [0.4, 0.5) is 0 Å². The molecule has 1 saturated carbocycles. The van der Waals surface area contributed by atoms with E-state index in [4.69, 9.17) is 10.00 Å². The lowest BCUT2D eigenvalue weighted by Gasteiger charge is -2.19. The minimum atomic E-state index is 0.104. The van der Waals surface area contributed by atoms with Crippen molar-refractivity contribution >= 4 is 5.78 Å². The summed E-state index contributed by atoms with van der Waals surface area (Å²) in [5, 5.41) is 8.65. The van der Waals surface area contributed by atoms with Crippen LogP contribution in [0.25, 0.3) is 0 Å². The first-order valence-corrected chi connectivity index (χ1v) is 6.53. The molecule has 0 amide bonds. The Bertz CT molecular complexity index is 472. The Kier molecular flexibility index (Phi) is 4.53. The Morgan fingerprint density at radius 1 is 1.42 bits per heavy atom. The number of ether oxygens (including phenoxy) is 1. The van der Waals surface area contributed by atoms with Crippen molar-refractivity contribution < 1.29 is 9.53 Å². The van der Waals surface area contributed by atoms with E-state index in [0.29, 0.717) is 31.1 Å². The number of benzene rings is 1. The van der Waals surface area contributed by atoms with Crippen molar-refractivity contribution in [1.82, 2.24) is 4.90 Å². The monoisotopic (exact) mass is 258 g/mol. The fourth-order valence-electron chi connectivity index (χ4n) is 2.08. The van der Waals surface area contributed by atoms with Gasteiger partial charge in [0.2, 0.25) is 0 Å². The minimum Gasteiger partial charge on any atom is -0.497 e. The number of hydrogen-bond donors (Lipinski definition) is 0. The molecule has 0 aromatic heterocycles. The average Bonchev–Trinajstić information content (AvgIpc) is 3.28. The summed E-state index contributed by atoms with van der Waals surface area (Å²) in [6.45, 7) is 1.09. The molecule has 0 N–H and O–H groups in total. The number of carbonyl (C=O) groups excluding carboxylic acids is 1. The fraction of sp³-hybridized carbons (Fsp3) is 0.467. The molecular formula is C15H18N2O2. The van der Waals surface area contributed by atoms with Crippen molar-refractivity contribution in [2.75, 3.05) is 20.2 Å². The molecule has 0 radical (unpaired) electrons. The van der Waals surface area contributed by atoms with Gasteiger partial charge in [0.25, 0.3) is 0 Å². The largest absolute Gasteiger partial charge is 0.497 e. The Morgan fingerprint density at radius 2 is 2.11 bits per heavy atom. The number of nitriles is 1. The van der Waals surface area contributed by atoms with Gasteiger partial charge in [-0.15, -0.1) is 0 Å². The van der Waals surface area contributed by atoms with Gasteiger partial charge in [-0.2, -0.15) is 5.26 Å². The first kappa shape index (κ1) is 13.6. The van der Waals surface area contributed by atoms with Gasteiger partial charge in [0, 0.05) is 24.6 Å². The van der Waals surface area contributed by atoms with Gasteiger partial charge < -0.3 is 4.74 Å². The predicted octanol–water partition coefficient (Wildman–Crippen LogP) is 2.26. The van der Waals surface area contributed by atoms with Crippen LogP contribution in [0.15, 0.2) is 24.3 Å². The number of rotatable bonds is 7. The zero-order valence-corrected chi connectivity index (χ0v) is 11.1. The lowest BCUT2D eigenvalue weighted by Crippen LogP contribution is -2.32. The van der Waals surface area contributed by atoms with Crippen molar-refractivity contribution in [2.24, 2.45) is 0 Å². The molecule has 0 spiro atoms. The highest BCUT2D eigenvalue weighted by atomic mass is 16.5. The van der Waals surface area contributed by atoms with Crippen molar-refractivity contribution in [2.45, 2.75) is 25.3 Å². The molecule has 0 saturated heterocycles. The van der Waals surface area contributed by atoms with E-state index in [1.165, 1.54) is 0 Å². The summed E-state index contributed by atoms with van der Waals surface area (Å²) in [4.78, 5) is 14.3. The second kappa shape index (κ2) is 6.35. The van der Waals surface area contributed by atoms with Gasteiger partial charge in [0.05, 0.1) is 19.7 Å². The van der Waals surface area contributed by atoms with E-state index in [1.54, 1.807) is 31.4 Å². The van der Waals surface area contributed by atoms with Crippen LogP contribution in [-0.2, 0) is 0 Å². The summed E-state index contributed by atoms with van der Waals surface area (Å²) in [5.74, 6) is 0.854.